The van der Waals surface area contributed by atoms with E-state index in [0.29, 0.717) is 33.5 Å². The van der Waals surface area contributed by atoms with Crippen molar-refractivity contribution in [2.24, 2.45) is 9.98 Å². The van der Waals surface area contributed by atoms with Gasteiger partial charge in [-0.25, -0.2) is 0 Å². The van der Waals surface area contributed by atoms with Crippen molar-refractivity contribution in [3.8, 4) is 0 Å². The Balaban J connectivity index is -0.00000220. The Morgan fingerprint density at radius 3 is 1.08 bits per heavy atom. The molecular formula is C16H32I2N4O2. The van der Waals surface area contributed by atoms with E-state index < -0.39 is 0 Å². The summed E-state index contributed by atoms with van der Waals surface area (Å²) in [6, 6.07) is 0. The molecule has 0 rings (SSSR count). The van der Waals surface area contributed by atoms with Gasteiger partial charge >= 0.3 is 0 Å². The molecule has 8 heteroatoms. The van der Waals surface area contributed by atoms with E-state index in [1.807, 2.05) is 42.3 Å². The van der Waals surface area contributed by atoms with Crippen LogP contribution in [0.2, 0.25) is 0 Å². The number of hydrogen-bond acceptors (Lipinski definition) is 4. The molecule has 0 heterocycles. The summed E-state index contributed by atoms with van der Waals surface area (Å²) >= 11 is 0. The Bertz CT molecular complexity index is 431. The molecule has 0 aliphatic carbocycles. The summed E-state index contributed by atoms with van der Waals surface area (Å²) < 4.78 is 1.27. The predicted octanol–water partition coefficient (Wildman–Crippen LogP) is -5.53. The molecule has 0 aliphatic heterocycles. The highest BCUT2D eigenvalue weighted by atomic mass is 127. The van der Waals surface area contributed by atoms with Gasteiger partial charge in [0.1, 0.15) is 24.5 Å². The monoisotopic (exact) mass is 566 g/mol. The molecule has 0 bridgehead atoms. The van der Waals surface area contributed by atoms with Gasteiger partial charge in [0.05, 0.1) is 42.3 Å². The van der Waals surface area contributed by atoms with Crippen LogP contribution in [0.15, 0.2) is 9.98 Å². The molecule has 0 saturated heterocycles. The quantitative estimate of drug-likeness (QED) is 0.159. The topological polar surface area (TPSA) is 58.9 Å². The van der Waals surface area contributed by atoms with Crippen LogP contribution < -0.4 is 48.0 Å². The molecule has 0 spiro atoms. The van der Waals surface area contributed by atoms with Crippen molar-refractivity contribution in [3.63, 3.8) is 0 Å². The zero-order chi connectivity index (χ0) is 17.6. The van der Waals surface area contributed by atoms with E-state index in [4.69, 9.17) is 0 Å². The lowest BCUT2D eigenvalue weighted by atomic mass is 10.0. The first-order valence-corrected chi connectivity index (χ1v) is 7.48. The molecule has 24 heavy (non-hydrogen) atoms. The van der Waals surface area contributed by atoms with Crippen LogP contribution in [0.5, 0.6) is 0 Å². The first-order chi connectivity index (χ1) is 9.89. The van der Waals surface area contributed by atoms with E-state index >= 15 is 0 Å². The maximum absolute atomic E-state index is 12.2. The number of carbonyl (C=O) groups excluding carboxylic acids is 2. The Morgan fingerprint density at radius 2 is 0.917 bits per heavy atom. The minimum Gasteiger partial charge on any atom is -1.00 e. The molecule has 0 aliphatic rings. The SMILES string of the molecule is CN=C(C[N+](C)(C)C)C(=O)CCC(=O)C(C[N+](C)(C)C)=NC.[I-].[I-]. The van der Waals surface area contributed by atoms with Gasteiger partial charge in [0, 0.05) is 26.9 Å². The van der Waals surface area contributed by atoms with Gasteiger partial charge < -0.3 is 56.9 Å². The average Bonchev–Trinajstić information content (AvgIpc) is 2.36. The summed E-state index contributed by atoms with van der Waals surface area (Å²) in [6.45, 7) is 1.13. The Labute approximate surface area is 181 Å². The fourth-order valence-corrected chi connectivity index (χ4v) is 1.98. The number of hydrogen-bond donors (Lipinski definition) is 0. The fourth-order valence-electron chi connectivity index (χ4n) is 1.98. The second kappa shape index (κ2) is 12.4. The van der Waals surface area contributed by atoms with E-state index in [1.165, 1.54) is 0 Å². The summed E-state index contributed by atoms with van der Waals surface area (Å²) in [7, 11) is 15.3. The molecule has 0 saturated carbocycles. The number of halogens is 2. The van der Waals surface area contributed by atoms with Gasteiger partial charge in [-0.1, -0.05) is 0 Å². The third-order valence-electron chi connectivity index (χ3n) is 3.01. The van der Waals surface area contributed by atoms with E-state index in [2.05, 4.69) is 9.98 Å². The highest BCUT2D eigenvalue weighted by molar-refractivity contribution is 6.43. The van der Waals surface area contributed by atoms with Gasteiger partial charge in [0.2, 0.25) is 0 Å². The summed E-state index contributed by atoms with van der Waals surface area (Å²) in [6.07, 6.45) is 0.392. The largest absolute Gasteiger partial charge is 1.00 e. The highest BCUT2D eigenvalue weighted by Gasteiger charge is 2.23. The Morgan fingerprint density at radius 1 is 0.667 bits per heavy atom. The molecule has 0 atom stereocenters. The molecular weight excluding hydrogens is 534 g/mol. The van der Waals surface area contributed by atoms with Crippen LogP contribution in [0.4, 0.5) is 0 Å². The molecule has 0 aromatic carbocycles. The maximum Gasteiger partial charge on any atom is 0.182 e. The van der Waals surface area contributed by atoms with Crippen molar-refractivity contribution >= 4 is 23.0 Å². The van der Waals surface area contributed by atoms with Crippen molar-refractivity contribution in [3.05, 3.63) is 0 Å². The van der Waals surface area contributed by atoms with Crippen LogP contribution >= 0.6 is 0 Å². The molecule has 6 nitrogen and oxygen atoms in total. The summed E-state index contributed by atoms with van der Waals surface area (Å²) in [5.41, 5.74) is 1.09. The zero-order valence-electron chi connectivity index (χ0n) is 16.2. The lowest BCUT2D eigenvalue weighted by Crippen LogP contribution is -3.00. The first-order valence-electron chi connectivity index (χ1n) is 7.48. The van der Waals surface area contributed by atoms with Crippen LogP contribution in [-0.2, 0) is 9.59 Å². The molecule has 0 N–H and O–H groups in total. The fraction of sp³-hybridized carbons (Fsp3) is 0.750. The van der Waals surface area contributed by atoms with Gasteiger partial charge in [-0.2, -0.15) is 0 Å². The third-order valence-corrected chi connectivity index (χ3v) is 3.01. The maximum atomic E-state index is 12.2. The minimum absolute atomic E-state index is 0. The van der Waals surface area contributed by atoms with Crippen LogP contribution in [0.25, 0.3) is 0 Å². The van der Waals surface area contributed by atoms with Gasteiger partial charge in [0.25, 0.3) is 0 Å². The molecule has 0 unspecified atom stereocenters. The van der Waals surface area contributed by atoms with E-state index in [9.17, 15) is 9.59 Å². The van der Waals surface area contributed by atoms with Crippen molar-refractivity contribution < 1.29 is 66.5 Å². The average molecular weight is 566 g/mol. The highest BCUT2D eigenvalue weighted by Crippen LogP contribution is 2.03. The summed E-state index contributed by atoms with van der Waals surface area (Å²) in [5.74, 6) is -0.103. The lowest BCUT2D eigenvalue weighted by molar-refractivity contribution is -0.860. The summed E-state index contributed by atoms with van der Waals surface area (Å²) in [4.78, 5) is 32.6. The second-order valence-electron chi connectivity index (χ2n) is 7.58. The van der Waals surface area contributed by atoms with E-state index in [0.717, 1.165) is 0 Å². The normalized spacial score (nSPS) is 13.0. The molecule has 0 radical (unpaired) electrons. The van der Waals surface area contributed by atoms with Gasteiger partial charge in [-0.05, 0) is 0 Å². The smallest absolute Gasteiger partial charge is 0.182 e. The second-order valence-corrected chi connectivity index (χ2v) is 7.58. The van der Waals surface area contributed by atoms with Gasteiger partial charge in [0.15, 0.2) is 11.6 Å². The van der Waals surface area contributed by atoms with Crippen LogP contribution in [0.1, 0.15) is 12.8 Å². The lowest BCUT2D eigenvalue weighted by Gasteiger charge is -2.24. The molecule has 0 amide bonds. The van der Waals surface area contributed by atoms with Crippen molar-refractivity contribution in [1.29, 1.82) is 0 Å². The zero-order valence-corrected chi connectivity index (χ0v) is 20.5. The number of Topliss-reactive ketones (excluding diaryl/α,β-unsaturated/α-hetero) is 2. The third kappa shape index (κ3) is 13.4. The number of rotatable bonds is 9. The van der Waals surface area contributed by atoms with Crippen molar-refractivity contribution in [2.45, 2.75) is 12.8 Å². The Hall–Kier alpha value is 0.0600. The van der Waals surface area contributed by atoms with E-state index in [1.54, 1.807) is 14.1 Å². The molecule has 0 aromatic heterocycles. The number of nitrogens with zero attached hydrogens (tertiary/aromatic N) is 4. The predicted molar refractivity (Wildman–Crippen MR) is 91.8 cm³/mol. The number of quaternary nitrogens is 2. The van der Waals surface area contributed by atoms with Crippen molar-refractivity contribution in [1.82, 2.24) is 0 Å². The molecule has 0 aromatic rings. The van der Waals surface area contributed by atoms with Crippen LogP contribution in [-0.4, -0.2) is 101 Å². The summed E-state index contributed by atoms with van der Waals surface area (Å²) in [5, 5.41) is 0. The number of carbonyl (C=O) groups is 2. The first kappa shape index (κ1) is 28.8. The van der Waals surface area contributed by atoms with Gasteiger partial charge in [-0.3, -0.25) is 19.6 Å². The Kier molecular flexibility index (Phi) is 14.9. The standard InChI is InChI=1S/C16H32N4O2.2HI/c1-17-13(11-19(3,4)5)15(21)9-10-16(22)14(18-2)12-20(6,7)8;;/h9-12H2,1-8H3;2*1H/q+2;;/p-2. The van der Waals surface area contributed by atoms with Crippen molar-refractivity contribution in [2.75, 3.05) is 69.5 Å². The molecule has 0 fully saturated rings. The van der Waals surface area contributed by atoms with Crippen LogP contribution in [0, 0.1) is 0 Å². The molecule has 142 valence electrons. The van der Waals surface area contributed by atoms with Crippen LogP contribution in [0.3, 0.4) is 0 Å². The number of aliphatic imine (C=N–C) groups is 2. The van der Waals surface area contributed by atoms with Gasteiger partial charge in [-0.15, -0.1) is 0 Å². The number of ketones is 2. The minimum atomic E-state index is -0.0513. The van der Waals surface area contributed by atoms with E-state index in [-0.39, 0.29) is 72.4 Å².